The smallest absolute Gasteiger partial charge is 0.416 e. The van der Waals surface area contributed by atoms with Crippen molar-refractivity contribution in [3.63, 3.8) is 0 Å². The van der Waals surface area contributed by atoms with Crippen LogP contribution in [0.1, 0.15) is 36.1 Å². The van der Waals surface area contributed by atoms with Crippen molar-refractivity contribution in [2.45, 2.75) is 61.7 Å². The Morgan fingerprint density at radius 2 is 1.04 bits per heavy atom. The lowest BCUT2D eigenvalue weighted by atomic mass is 9.78. The third-order valence-electron chi connectivity index (χ3n) is 8.03. The average molecular weight is 806 g/mol. The van der Waals surface area contributed by atoms with E-state index < -0.39 is 102 Å². The Labute approximate surface area is 306 Å². The first-order chi connectivity index (χ1) is 23.8. The van der Waals surface area contributed by atoms with E-state index in [0.29, 0.717) is 12.1 Å². The van der Waals surface area contributed by atoms with Crippen LogP contribution in [0, 0.1) is 20.2 Å². The number of hydrogen-bond donors (Lipinski definition) is 0. The molecule has 0 spiro atoms. The lowest BCUT2D eigenvalue weighted by Crippen LogP contribution is -2.51. The van der Waals surface area contributed by atoms with Crippen molar-refractivity contribution in [3.8, 4) is 0 Å². The number of benzene rings is 2. The number of rotatable bonds is 12. The molecule has 51 heavy (non-hydrogen) atoms. The molecule has 0 bridgehead atoms. The quantitative estimate of drug-likeness (QED) is 0.0909. The third-order valence-corrected chi connectivity index (χ3v) is 9.67. The highest BCUT2D eigenvalue weighted by Gasteiger charge is 2.60. The minimum absolute atomic E-state index is 0.269. The first-order valence-corrected chi connectivity index (χ1v) is 16.5. The summed E-state index contributed by atoms with van der Waals surface area (Å²) in [6, 6.07) is 7.50. The standard InChI is InChI=1S/C32H26Cl4F6N2O7/c1-17(15-33)49-27-25(35)23(11-13-29(27,43(45)46)19-7-3-5-9-21(19)31(37,38)39)51-24-12-14-30(44(47)48,28(26(24)36)50-18(2)16-34)20-8-4-6-10-22(20)32(40,41)42/h3-14,17-18,27-28H,15-16H2,1-2H3. The normalized spacial score (nSPS) is 25.2. The molecule has 0 amide bonds. The van der Waals surface area contributed by atoms with E-state index in [-0.39, 0.29) is 11.8 Å². The van der Waals surface area contributed by atoms with Gasteiger partial charge in [0.25, 0.3) is 11.1 Å². The van der Waals surface area contributed by atoms with Gasteiger partial charge in [-0.25, -0.2) is 0 Å². The zero-order valence-corrected chi connectivity index (χ0v) is 29.2. The second-order valence-electron chi connectivity index (χ2n) is 11.4. The molecule has 0 saturated heterocycles. The predicted molar refractivity (Wildman–Crippen MR) is 175 cm³/mol. The summed E-state index contributed by atoms with van der Waals surface area (Å²) in [6.45, 7) is 2.77. The molecular formula is C32H26Cl4F6N2O7. The fourth-order valence-corrected chi connectivity index (χ4v) is 6.45. The van der Waals surface area contributed by atoms with E-state index in [9.17, 15) is 46.6 Å². The Bertz CT molecular complexity index is 1670. The van der Waals surface area contributed by atoms with Gasteiger partial charge in [-0.3, -0.25) is 20.2 Å². The molecule has 6 unspecified atom stereocenters. The van der Waals surface area contributed by atoms with Gasteiger partial charge in [0.2, 0.25) is 0 Å². The lowest BCUT2D eigenvalue weighted by Gasteiger charge is -2.37. The van der Waals surface area contributed by atoms with Crippen molar-refractivity contribution in [2.75, 3.05) is 11.8 Å². The summed E-state index contributed by atoms with van der Waals surface area (Å²) in [5.74, 6) is -1.46. The fraction of sp³-hybridized carbons (Fsp3) is 0.375. The second-order valence-corrected chi connectivity index (χ2v) is 12.8. The molecule has 0 aromatic heterocycles. The van der Waals surface area contributed by atoms with E-state index in [1.54, 1.807) is 0 Å². The molecule has 4 rings (SSSR count). The van der Waals surface area contributed by atoms with Crippen molar-refractivity contribution in [3.05, 3.63) is 137 Å². The van der Waals surface area contributed by atoms with E-state index in [1.807, 2.05) is 0 Å². The molecule has 0 N–H and O–H groups in total. The molecule has 6 atom stereocenters. The minimum atomic E-state index is -5.04. The molecule has 0 saturated carbocycles. The summed E-state index contributed by atoms with van der Waals surface area (Å²) in [5, 5.41) is 24.4. The molecule has 0 radical (unpaired) electrons. The molecule has 0 aliphatic heterocycles. The van der Waals surface area contributed by atoms with E-state index in [2.05, 4.69) is 0 Å². The van der Waals surface area contributed by atoms with Crippen molar-refractivity contribution in [1.29, 1.82) is 0 Å². The van der Waals surface area contributed by atoms with E-state index in [0.717, 1.165) is 60.7 Å². The summed E-state index contributed by atoms with van der Waals surface area (Å²) in [5.41, 5.74) is -9.92. The van der Waals surface area contributed by atoms with Crippen LogP contribution < -0.4 is 0 Å². The van der Waals surface area contributed by atoms with Crippen molar-refractivity contribution >= 4 is 46.4 Å². The summed E-state index contributed by atoms with van der Waals surface area (Å²) in [7, 11) is 0. The van der Waals surface area contributed by atoms with Crippen LogP contribution in [0.5, 0.6) is 0 Å². The molecule has 2 aliphatic rings. The van der Waals surface area contributed by atoms with Crippen molar-refractivity contribution in [2.24, 2.45) is 0 Å². The van der Waals surface area contributed by atoms with Crippen LogP contribution in [-0.4, -0.2) is 46.0 Å². The van der Waals surface area contributed by atoms with Gasteiger partial charge in [-0.15, -0.1) is 23.2 Å². The number of alkyl halides is 8. The number of halogens is 10. The van der Waals surface area contributed by atoms with E-state index in [1.165, 1.54) is 13.8 Å². The van der Waals surface area contributed by atoms with Gasteiger partial charge in [0, 0.05) is 44.9 Å². The Balaban J connectivity index is 1.92. The maximum atomic E-state index is 14.2. The highest BCUT2D eigenvalue weighted by molar-refractivity contribution is 6.31. The van der Waals surface area contributed by atoms with Crippen molar-refractivity contribution in [1.82, 2.24) is 0 Å². The molecule has 2 aromatic carbocycles. The third kappa shape index (κ3) is 7.60. The van der Waals surface area contributed by atoms with Crippen LogP contribution in [0.15, 0.2) is 94.4 Å². The largest absolute Gasteiger partial charge is 0.455 e. The lowest BCUT2D eigenvalue weighted by molar-refractivity contribution is -0.577. The van der Waals surface area contributed by atoms with Gasteiger partial charge in [-0.05, 0) is 38.1 Å². The Kier molecular flexibility index (Phi) is 12.2. The number of hydrogen-bond acceptors (Lipinski definition) is 7. The van der Waals surface area contributed by atoms with Gasteiger partial charge in [0.15, 0.2) is 12.2 Å². The molecule has 9 nitrogen and oxygen atoms in total. The van der Waals surface area contributed by atoms with Crippen LogP contribution in [0.4, 0.5) is 26.3 Å². The average Bonchev–Trinajstić information content (AvgIpc) is 3.07. The fourth-order valence-electron chi connectivity index (χ4n) is 5.66. The monoisotopic (exact) mass is 804 g/mol. The highest BCUT2D eigenvalue weighted by atomic mass is 35.5. The van der Waals surface area contributed by atoms with Gasteiger partial charge in [-0.1, -0.05) is 59.6 Å². The predicted octanol–water partition coefficient (Wildman–Crippen LogP) is 9.45. The molecular weight excluding hydrogens is 780 g/mol. The first-order valence-electron chi connectivity index (χ1n) is 14.7. The van der Waals surface area contributed by atoms with Gasteiger partial charge in [-0.2, -0.15) is 26.3 Å². The summed E-state index contributed by atoms with van der Waals surface area (Å²) >= 11 is 25.1. The van der Waals surface area contributed by atoms with E-state index in [4.69, 9.17) is 60.6 Å². The van der Waals surface area contributed by atoms with Gasteiger partial charge in [0.1, 0.15) is 11.5 Å². The Hall–Kier alpha value is -3.34. The van der Waals surface area contributed by atoms with Gasteiger partial charge >= 0.3 is 12.4 Å². The van der Waals surface area contributed by atoms with Crippen LogP contribution in [0.25, 0.3) is 0 Å². The number of nitro groups is 2. The summed E-state index contributed by atoms with van der Waals surface area (Å²) < 4.78 is 102. The minimum Gasteiger partial charge on any atom is -0.455 e. The number of nitrogens with zero attached hydrogens (tertiary/aromatic N) is 2. The zero-order valence-electron chi connectivity index (χ0n) is 26.2. The number of ether oxygens (including phenoxy) is 3. The van der Waals surface area contributed by atoms with Crippen molar-refractivity contribution < 1.29 is 50.4 Å². The molecule has 0 fully saturated rings. The highest BCUT2D eigenvalue weighted by Crippen LogP contribution is 2.50. The van der Waals surface area contributed by atoms with E-state index >= 15 is 0 Å². The first kappa shape index (κ1) is 40.4. The maximum absolute atomic E-state index is 14.2. The maximum Gasteiger partial charge on any atom is 0.416 e. The second kappa shape index (κ2) is 15.3. The van der Waals surface area contributed by atoms with Crippen LogP contribution >= 0.6 is 46.4 Å². The summed E-state index contributed by atoms with van der Waals surface area (Å²) in [6.07, 6.45) is -12.8. The zero-order chi connectivity index (χ0) is 38.1. The molecule has 2 aliphatic carbocycles. The van der Waals surface area contributed by atoms with Crippen LogP contribution in [0.3, 0.4) is 0 Å². The van der Waals surface area contributed by atoms with Gasteiger partial charge < -0.3 is 14.2 Å². The SMILES string of the molecule is CC(CCl)OC1C(Cl)=C(OC2=C(Cl)C(OC(C)CCl)C(c3ccccc3C(F)(F)F)([N+](=O)[O-])C=C2)C=CC1(c1ccccc1C(F)(F)F)[N+](=O)[O-]. The van der Waals surface area contributed by atoms with Crippen LogP contribution in [0.2, 0.25) is 0 Å². The van der Waals surface area contributed by atoms with Crippen LogP contribution in [-0.2, 0) is 37.6 Å². The molecule has 2 aromatic rings. The molecule has 0 heterocycles. The Morgan fingerprint density at radius 1 is 0.706 bits per heavy atom. The topological polar surface area (TPSA) is 114 Å². The number of allylic oxidation sites excluding steroid dienone is 2. The Morgan fingerprint density at radius 3 is 1.33 bits per heavy atom. The summed E-state index contributed by atoms with van der Waals surface area (Å²) in [4.78, 5) is 23.6. The van der Waals surface area contributed by atoms with Gasteiger partial charge in [0.05, 0.1) is 33.4 Å². The molecule has 19 heteroatoms. The molecule has 276 valence electrons.